The third kappa shape index (κ3) is 3.47. The molecular weight excluding hydrogens is 202 g/mol. The van der Waals surface area contributed by atoms with Crippen LogP contribution in [0, 0.1) is 11.3 Å². The van der Waals surface area contributed by atoms with E-state index in [0.29, 0.717) is 13.0 Å². The van der Waals surface area contributed by atoms with E-state index in [2.05, 4.69) is 13.0 Å². The molecule has 16 heavy (non-hydrogen) atoms. The summed E-state index contributed by atoms with van der Waals surface area (Å²) in [5.74, 6) is 1.51. The maximum atomic E-state index is 8.53. The maximum absolute atomic E-state index is 8.53. The van der Waals surface area contributed by atoms with Crippen molar-refractivity contribution in [3.63, 3.8) is 0 Å². The SMILES string of the molecule is CCCOc1cc(CCC#N)ccc1OC. The molecule has 0 atom stereocenters. The molecule has 0 bridgehead atoms. The molecule has 1 aromatic carbocycles. The fourth-order valence-corrected chi connectivity index (χ4v) is 1.40. The van der Waals surface area contributed by atoms with Crippen molar-refractivity contribution < 1.29 is 9.47 Å². The minimum Gasteiger partial charge on any atom is -0.493 e. The van der Waals surface area contributed by atoms with Crippen molar-refractivity contribution in [3.05, 3.63) is 23.8 Å². The second-order valence-electron chi connectivity index (χ2n) is 3.49. The number of nitrogens with zero attached hydrogens (tertiary/aromatic N) is 1. The van der Waals surface area contributed by atoms with E-state index in [4.69, 9.17) is 14.7 Å². The van der Waals surface area contributed by atoms with Gasteiger partial charge in [-0.15, -0.1) is 0 Å². The van der Waals surface area contributed by atoms with Gasteiger partial charge in [0.25, 0.3) is 0 Å². The smallest absolute Gasteiger partial charge is 0.161 e. The number of hydrogen-bond acceptors (Lipinski definition) is 3. The molecular formula is C13H17NO2. The Balaban J connectivity index is 2.79. The Morgan fingerprint density at radius 3 is 2.75 bits per heavy atom. The number of hydrogen-bond donors (Lipinski definition) is 0. The average molecular weight is 219 g/mol. The molecule has 86 valence electrons. The molecule has 0 saturated carbocycles. The fourth-order valence-electron chi connectivity index (χ4n) is 1.40. The molecule has 0 aliphatic heterocycles. The Morgan fingerprint density at radius 2 is 2.12 bits per heavy atom. The number of methoxy groups -OCH3 is 1. The molecule has 1 aromatic rings. The summed E-state index contributed by atoms with van der Waals surface area (Å²) in [7, 11) is 1.63. The summed E-state index contributed by atoms with van der Waals surface area (Å²) in [6.45, 7) is 2.74. The highest BCUT2D eigenvalue weighted by atomic mass is 16.5. The van der Waals surface area contributed by atoms with Gasteiger partial charge >= 0.3 is 0 Å². The summed E-state index contributed by atoms with van der Waals surface area (Å²) < 4.78 is 10.8. The minimum atomic E-state index is 0.527. The van der Waals surface area contributed by atoms with Gasteiger partial charge in [0.15, 0.2) is 11.5 Å². The molecule has 0 aliphatic carbocycles. The van der Waals surface area contributed by atoms with Crippen LogP contribution < -0.4 is 9.47 Å². The highest BCUT2D eigenvalue weighted by molar-refractivity contribution is 5.43. The van der Waals surface area contributed by atoms with Crippen LogP contribution in [0.3, 0.4) is 0 Å². The van der Waals surface area contributed by atoms with Gasteiger partial charge in [-0.2, -0.15) is 5.26 Å². The second kappa shape index (κ2) is 6.73. The lowest BCUT2D eigenvalue weighted by molar-refractivity contribution is 0.294. The van der Waals surface area contributed by atoms with Gasteiger partial charge in [-0.25, -0.2) is 0 Å². The number of nitriles is 1. The zero-order chi connectivity index (χ0) is 11.8. The summed E-state index contributed by atoms with van der Waals surface area (Å²) in [5.41, 5.74) is 1.11. The molecule has 0 spiro atoms. The summed E-state index contributed by atoms with van der Waals surface area (Å²) >= 11 is 0. The first-order valence-electron chi connectivity index (χ1n) is 5.48. The minimum absolute atomic E-state index is 0.527. The molecule has 0 amide bonds. The number of ether oxygens (including phenoxy) is 2. The van der Waals surface area contributed by atoms with E-state index in [1.54, 1.807) is 7.11 Å². The number of benzene rings is 1. The molecule has 3 nitrogen and oxygen atoms in total. The van der Waals surface area contributed by atoms with Crippen molar-refractivity contribution in [2.45, 2.75) is 26.2 Å². The second-order valence-corrected chi connectivity index (χ2v) is 3.49. The van der Waals surface area contributed by atoms with Gasteiger partial charge < -0.3 is 9.47 Å². The number of aryl methyl sites for hydroxylation is 1. The lowest BCUT2D eigenvalue weighted by atomic mass is 10.1. The average Bonchev–Trinajstić information content (AvgIpc) is 2.33. The van der Waals surface area contributed by atoms with Crippen molar-refractivity contribution in [3.8, 4) is 17.6 Å². The van der Waals surface area contributed by atoms with Gasteiger partial charge in [0, 0.05) is 6.42 Å². The Hall–Kier alpha value is -1.69. The van der Waals surface area contributed by atoms with Crippen LogP contribution in [0.25, 0.3) is 0 Å². The number of rotatable bonds is 6. The molecule has 0 aliphatic rings. The highest BCUT2D eigenvalue weighted by Gasteiger charge is 2.05. The van der Waals surface area contributed by atoms with E-state index >= 15 is 0 Å². The van der Waals surface area contributed by atoms with Gasteiger partial charge in [0.05, 0.1) is 19.8 Å². The first-order valence-corrected chi connectivity index (χ1v) is 5.48. The monoisotopic (exact) mass is 219 g/mol. The van der Waals surface area contributed by atoms with Gasteiger partial charge in [-0.3, -0.25) is 0 Å². The van der Waals surface area contributed by atoms with E-state index in [1.165, 1.54) is 0 Å². The molecule has 0 heterocycles. The van der Waals surface area contributed by atoms with Crippen LogP contribution in [0.5, 0.6) is 11.5 Å². The first-order chi connectivity index (χ1) is 7.81. The Bertz CT molecular complexity index is 369. The highest BCUT2D eigenvalue weighted by Crippen LogP contribution is 2.28. The van der Waals surface area contributed by atoms with Crippen LogP contribution in [0.15, 0.2) is 18.2 Å². The van der Waals surface area contributed by atoms with Gasteiger partial charge in [-0.05, 0) is 30.5 Å². The standard InChI is InChI=1S/C13H17NO2/c1-3-9-16-13-10-11(5-4-8-14)6-7-12(13)15-2/h6-7,10H,3-5,9H2,1-2H3. The Kier molecular flexibility index (Phi) is 5.21. The van der Waals surface area contributed by atoms with Crippen LogP contribution in [0.2, 0.25) is 0 Å². The molecule has 0 unspecified atom stereocenters. The van der Waals surface area contributed by atoms with E-state index in [0.717, 1.165) is 29.9 Å². The van der Waals surface area contributed by atoms with Gasteiger partial charge in [0.2, 0.25) is 0 Å². The summed E-state index contributed by atoms with van der Waals surface area (Å²) in [6, 6.07) is 7.94. The van der Waals surface area contributed by atoms with Gasteiger partial charge in [0.1, 0.15) is 0 Å². The van der Waals surface area contributed by atoms with Crippen LogP contribution in [-0.2, 0) is 6.42 Å². The summed E-state index contributed by atoms with van der Waals surface area (Å²) in [6.07, 6.45) is 2.24. The molecule has 1 rings (SSSR count). The molecule has 0 N–H and O–H groups in total. The van der Waals surface area contributed by atoms with Crippen molar-refractivity contribution in [1.82, 2.24) is 0 Å². The van der Waals surface area contributed by atoms with Crippen LogP contribution >= 0.6 is 0 Å². The Morgan fingerprint density at radius 1 is 1.31 bits per heavy atom. The van der Waals surface area contributed by atoms with Crippen molar-refractivity contribution >= 4 is 0 Å². The summed E-state index contributed by atoms with van der Waals surface area (Å²) in [5, 5.41) is 8.53. The molecule has 3 heteroatoms. The zero-order valence-corrected chi connectivity index (χ0v) is 9.82. The van der Waals surface area contributed by atoms with Gasteiger partial charge in [-0.1, -0.05) is 13.0 Å². The fraction of sp³-hybridized carbons (Fsp3) is 0.462. The topological polar surface area (TPSA) is 42.2 Å². The van der Waals surface area contributed by atoms with Crippen LogP contribution in [0.4, 0.5) is 0 Å². The normalized spacial score (nSPS) is 9.56. The molecule has 0 saturated heterocycles. The summed E-state index contributed by atoms with van der Waals surface area (Å²) in [4.78, 5) is 0. The zero-order valence-electron chi connectivity index (χ0n) is 9.82. The van der Waals surface area contributed by atoms with Crippen molar-refractivity contribution in [2.75, 3.05) is 13.7 Å². The van der Waals surface area contributed by atoms with E-state index in [1.807, 2.05) is 18.2 Å². The predicted octanol–water partition coefficient (Wildman–Crippen LogP) is 2.94. The lowest BCUT2D eigenvalue weighted by Gasteiger charge is -2.11. The predicted molar refractivity (Wildman–Crippen MR) is 62.7 cm³/mol. The maximum Gasteiger partial charge on any atom is 0.161 e. The van der Waals surface area contributed by atoms with Crippen molar-refractivity contribution in [1.29, 1.82) is 5.26 Å². The molecule has 0 fully saturated rings. The van der Waals surface area contributed by atoms with E-state index in [-0.39, 0.29) is 0 Å². The van der Waals surface area contributed by atoms with E-state index < -0.39 is 0 Å². The lowest BCUT2D eigenvalue weighted by Crippen LogP contribution is -1.98. The third-order valence-corrected chi connectivity index (χ3v) is 2.22. The largest absolute Gasteiger partial charge is 0.493 e. The third-order valence-electron chi connectivity index (χ3n) is 2.22. The quantitative estimate of drug-likeness (QED) is 0.738. The van der Waals surface area contributed by atoms with Crippen molar-refractivity contribution in [2.24, 2.45) is 0 Å². The van der Waals surface area contributed by atoms with Crippen LogP contribution in [0.1, 0.15) is 25.3 Å². The Labute approximate surface area is 96.6 Å². The van der Waals surface area contributed by atoms with E-state index in [9.17, 15) is 0 Å². The molecule has 0 radical (unpaired) electrons. The first kappa shape index (κ1) is 12.4. The van der Waals surface area contributed by atoms with Crippen LogP contribution in [-0.4, -0.2) is 13.7 Å². The molecule has 0 aromatic heterocycles.